The molecule has 2 heterocycles. The molecule has 0 radical (unpaired) electrons. The summed E-state index contributed by atoms with van der Waals surface area (Å²) in [5.74, 6) is -0.186. The number of pyridine rings is 1. The molecule has 1 N–H and O–H groups in total. The molecule has 86 valence electrons. The maximum absolute atomic E-state index is 11.8. The van der Waals surface area contributed by atoms with Crippen LogP contribution < -0.4 is 5.32 Å². The van der Waals surface area contributed by atoms with Gasteiger partial charge in [0.05, 0.1) is 23.5 Å². The number of hydrogen-bond donors (Lipinski definition) is 1. The number of amides is 1. The van der Waals surface area contributed by atoms with Gasteiger partial charge in [0.2, 0.25) is 0 Å². The van der Waals surface area contributed by atoms with Crippen LogP contribution in [0.3, 0.4) is 0 Å². The van der Waals surface area contributed by atoms with E-state index in [1.807, 2.05) is 18.2 Å². The van der Waals surface area contributed by atoms with Gasteiger partial charge >= 0.3 is 0 Å². The molecule has 2 aromatic rings. The highest BCUT2D eigenvalue weighted by atomic mass is 16.1. The molecule has 0 fully saturated rings. The fourth-order valence-electron chi connectivity index (χ4n) is 1.38. The van der Waals surface area contributed by atoms with E-state index in [0.29, 0.717) is 17.8 Å². The molecule has 0 spiro atoms. The van der Waals surface area contributed by atoms with E-state index >= 15 is 0 Å². The van der Waals surface area contributed by atoms with Gasteiger partial charge in [-0.1, -0.05) is 6.07 Å². The van der Waals surface area contributed by atoms with Gasteiger partial charge in [0.25, 0.3) is 5.91 Å². The van der Waals surface area contributed by atoms with Crippen molar-refractivity contribution in [1.82, 2.24) is 20.3 Å². The molecule has 2 rings (SSSR count). The molecule has 0 atom stereocenters. The maximum atomic E-state index is 11.8. The zero-order valence-corrected chi connectivity index (χ0v) is 9.42. The number of aryl methyl sites for hydroxylation is 1. The lowest BCUT2D eigenvalue weighted by atomic mass is 10.2. The third-order valence-electron chi connectivity index (χ3n) is 2.31. The van der Waals surface area contributed by atoms with E-state index in [1.165, 1.54) is 12.5 Å². The predicted molar refractivity (Wildman–Crippen MR) is 62.2 cm³/mol. The second-order valence-electron chi connectivity index (χ2n) is 3.53. The Hall–Kier alpha value is -2.30. The van der Waals surface area contributed by atoms with Crippen LogP contribution in [0.2, 0.25) is 0 Å². The van der Waals surface area contributed by atoms with Gasteiger partial charge in [-0.05, 0) is 19.1 Å². The summed E-state index contributed by atoms with van der Waals surface area (Å²) in [6.45, 7) is 2.17. The third kappa shape index (κ3) is 2.84. The summed E-state index contributed by atoms with van der Waals surface area (Å²) < 4.78 is 0. The van der Waals surface area contributed by atoms with Gasteiger partial charge in [-0.15, -0.1) is 0 Å². The minimum Gasteiger partial charge on any atom is -0.346 e. The lowest BCUT2D eigenvalue weighted by molar-refractivity contribution is 0.0949. The second kappa shape index (κ2) is 5.16. The molecule has 1 amide bonds. The SMILES string of the molecule is Cc1ncncc1C(=O)NCc1ccccn1. The predicted octanol–water partition coefficient (Wildman–Crippen LogP) is 1.11. The number of nitrogens with one attached hydrogen (secondary N) is 1. The second-order valence-corrected chi connectivity index (χ2v) is 3.53. The van der Waals surface area contributed by atoms with Crippen LogP contribution in [-0.2, 0) is 6.54 Å². The lowest BCUT2D eigenvalue weighted by Crippen LogP contribution is -2.24. The van der Waals surface area contributed by atoms with Crippen molar-refractivity contribution >= 4 is 5.91 Å². The van der Waals surface area contributed by atoms with Crippen molar-refractivity contribution in [3.8, 4) is 0 Å². The Balaban J connectivity index is 2.01. The van der Waals surface area contributed by atoms with Crippen LogP contribution in [0.25, 0.3) is 0 Å². The molecule has 0 aliphatic heterocycles. The fraction of sp³-hybridized carbons (Fsp3) is 0.167. The minimum absolute atomic E-state index is 0.186. The number of aromatic nitrogens is 3. The molecule has 0 saturated heterocycles. The number of carbonyl (C=O) groups excluding carboxylic acids is 1. The molecule has 0 aromatic carbocycles. The van der Waals surface area contributed by atoms with Gasteiger partial charge in [0.15, 0.2) is 0 Å². The average Bonchev–Trinajstić information content (AvgIpc) is 2.38. The first-order valence-electron chi connectivity index (χ1n) is 5.22. The summed E-state index contributed by atoms with van der Waals surface area (Å²) in [6.07, 6.45) is 4.62. The molecule has 0 saturated carbocycles. The summed E-state index contributed by atoms with van der Waals surface area (Å²) in [5.41, 5.74) is 1.97. The van der Waals surface area contributed by atoms with E-state index < -0.39 is 0 Å². The van der Waals surface area contributed by atoms with Crippen molar-refractivity contribution in [1.29, 1.82) is 0 Å². The van der Waals surface area contributed by atoms with Gasteiger partial charge in [0.1, 0.15) is 6.33 Å². The van der Waals surface area contributed by atoms with Crippen molar-refractivity contribution in [2.75, 3.05) is 0 Å². The normalized spacial score (nSPS) is 9.94. The van der Waals surface area contributed by atoms with Crippen molar-refractivity contribution in [3.05, 3.63) is 53.9 Å². The Labute approximate surface area is 99.0 Å². The monoisotopic (exact) mass is 228 g/mol. The Bertz CT molecular complexity index is 513. The van der Waals surface area contributed by atoms with E-state index in [0.717, 1.165) is 5.69 Å². The van der Waals surface area contributed by atoms with E-state index in [2.05, 4.69) is 20.3 Å². The van der Waals surface area contributed by atoms with Crippen LogP contribution in [-0.4, -0.2) is 20.9 Å². The van der Waals surface area contributed by atoms with Gasteiger partial charge in [-0.3, -0.25) is 9.78 Å². The Kier molecular flexibility index (Phi) is 3.40. The van der Waals surface area contributed by atoms with Crippen LogP contribution in [0.1, 0.15) is 21.7 Å². The molecule has 0 bridgehead atoms. The molecule has 0 unspecified atom stereocenters. The summed E-state index contributed by atoms with van der Waals surface area (Å²) in [7, 11) is 0. The fourth-order valence-corrected chi connectivity index (χ4v) is 1.38. The molecule has 5 heteroatoms. The summed E-state index contributed by atoms with van der Waals surface area (Å²) in [4.78, 5) is 23.7. The van der Waals surface area contributed by atoms with Crippen LogP contribution in [0.5, 0.6) is 0 Å². The Morgan fingerprint density at radius 1 is 1.35 bits per heavy atom. The molecular formula is C12H12N4O. The zero-order chi connectivity index (χ0) is 12.1. The lowest BCUT2D eigenvalue weighted by Gasteiger charge is -2.05. The molecule has 2 aromatic heterocycles. The summed E-state index contributed by atoms with van der Waals surface area (Å²) >= 11 is 0. The summed E-state index contributed by atoms with van der Waals surface area (Å²) in [6, 6.07) is 5.57. The van der Waals surface area contributed by atoms with Crippen molar-refractivity contribution in [3.63, 3.8) is 0 Å². The Morgan fingerprint density at radius 2 is 2.24 bits per heavy atom. The van der Waals surface area contributed by atoms with Gasteiger partial charge < -0.3 is 5.32 Å². The van der Waals surface area contributed by atoms with Crippen LogP contribution in [0, 0.1) is 6.92 Å². The third-order valence-corrected chi connectivity index (χ3v) is 2.31. The first-order chi connectivity index (χ1) is 8.27. The van der Waals surface area contributed by atoms with Crippen molar-refractivity contribution in [2.24, 2.45) is 0 Å². The molecule has 0 aliphatic rings. The summed E-state index contributed by atoms with van der Waals surface area (Å²) in [5, 5.41) is 2.77. The van der Waals surface area contributed by atoms with Gasteiger partial charge in [0, 0.05) is 12.4 Å². The minimum atomic E-state index is -0.186. The van der Waals surface area contributed by atoms with E-state index in [-0.39, 0.29) is 5.91 Å². The molecular weight excluding hydrogens is 216 g/mol. The number of hydrogen-bond acceptors (Lipinski definition) is 4. The molecule has 0 aliphatic carbocycles. The van der Waals surface area contributed by atoms with E-state index in [4.69, 9.17) is 0 Å². The smallest absolute Gasteiger partial charge is 0.255 e. The van der Waals surface area contributed by atoms with Crippen molar-refractivity contribution in [2.45, 2.75) is 13.5 Å². The highest BCUT2D eigenvalue weighted by Gasteiger charge is 2.09. The van der Waals surface area contributed by atoms with Crippen LogP contribution in [0.4, 0.5) is 0 Å². The Morgan fingerprint density at radius 3 is 2.94 bits per heavy atom. The number of rotatable bonds is 3. The van der Waals surface area contributed by atoms with E-state index in [1.54, 1.807) is 13.1 Å². The average molecular weight is 228 g/mol. The maximum Gasteiger partial charge on any atom is 0.255 e. The number of nitrogens with zero attached hydrogens (tertiary/aromatic N) is 3. The highest BCUT2D eigenvalue weighted by molar-refractivity contribution is 5.94. The van der Waals surface area contributed by atoms with Crippen LogP contribution >= 0.6 is 0 Å². The first-order valence-corrected chi connectivity index (χ1v) is 5.22. The largest absolute Gasteiger partial charge is 0.346 e. The van der Waals surface area contributed by atoms with Gasteiger partial charge in [-0.25, -0.2) is 9.97 Å². The highest BCUT2D eigenvalue weighted by Crippen LogP contribution is 2.01. The zero-order valence-electron chi connectivity index (χ0n) is 9.42. The van der Waals surface area contributed by atoms with Crippen molar-refractivity contribution < 1.29 is 4.79 Å². The van der Waals surface area contributed by atoms with Crippen LogP contribution in [0.15, 0.2) is 36.9 Å². The molecule has 5 nitrogen and oxygen atoms in total. The quantitative estimate of drug-likeness (QED) is 0.854. The standard InChI is InChI=1S/C12H12N4O/c1-9-11(7-13-8-16-9)12(17)15-6-10-4-2-3-5-14-10/h2-5,7-8H,6H2,1H3,(H,15,17). The number of carbonyl (C=O) groups is 1. The molecule has 17 heavy (non-hydrogen) atoms. The van der Waals surface area contributed by atoms with Gasteiger partial charge in [-0.2, -0.15) is 0 Å². The van der Waals surface area contributed by atoms with E-state index in [9.17, 15) is 4.79 Å². The first kappa shape index (κ1) is 11.2. The topological polar surface area (TPSA) is 67.8 Å².